The van der Waals surface area contributed by atoms with Gasteiger partial charge in [0.25, 0.3) is 0 Å². The van der Waals surface area contributed by atoms with Gasteiger partial charge >= 0.3 is 0 Å². The molecular formula is C28H32N2S. The molecule has 4 aromatic rings. The van der Waals surface area contributed by atoms with E-state index in [2.05, 4.69) is 81.4 Å². The molecule has 0 unspecified atom stereocenters. The number of hydrogen-bond acceptors (Lipinski definition) is 3. The lowest BCUT2D eigenvalue weighted by Gasteiger charge is -2.21. The van der Waals surface area contributed by atoms with Crippen molar-refractivity contribution in [3.63, 3.8) is 0 Å². The van der Waals surface area contributed by atoms with Crippen LogP contribution in [0, 0.1) is 69.2 Å². The van der Waals surface area contributed by atoms with E-state index < -0.39 is 0 Å². The van der Waals surface area contributed by atoms with Crippen molar-refractivity contribution < 1.29 is 0 Å². The molecule has 0 amide bonds. The average Bonchev–Trinajstić information content (AvgIpc) is 3.25. The lowest BCUT2D eigenvalue weighted by Crippen LogP contribution is -2.02. The highest BCUT2D eigenvalue weighted by Crippen LogP contribution is 2.42. The molecule has 0 bridgehead atoms. The Labute approximate surface area is 190 Å². The highest BCUT2D eigenvalue weighted by molar-refractivity contribution is 7.00. The minimum Gasteiger partial charge on any atom is -0.172 e. The summed E-state index contributed by atoms with van der Waals surface area (Å²) in [6, 6.07) is 4.54. The summed E-state index contributed by atoms with van der Waals surface area (Å²) in [5.41, 5.74) is 20.7. The molecule has 0 saturated carbocycles. The number of hydrogen-bond donors (Lipinski definition) is 0. The molecule has 0 N–H and O–H groups in total. The summed E-state index contributed by atoms with van der Waals surface area (Å²) in [6.45, 7) is 22.3. The number of benzene rings is 3. The van der Waals surface area contributed by atoms with Gasteiger partial charge in [0.2, 0.25) is 0 Å². The number of aromatic nitrogens is 2. The molecule has 2 nitrogen and oxygen atoms in total. The van der Waals surface area contributed by atoms with Crippen LogP contribution in [0.4, 0.5) is 0 Å². The van der Waals surface area contributed by atoms with Crippen molar-refractivity contribution in [2.24, 2.45) is 0 Å². The van der Waals surface area contributed by atoms with Crippen LogP contribution >= 0.6 is 11.7 Å². The first-order valence-corrected chi connectivity index (χ1v) is 11.7. The van der Waals surface area contributed by atoms with Gasteiger partial charge in [-0.25, -0.2) is 0 Å². The highest BCUT2D eigenvalue weighted by Gasteiger charge is 2.22. The van der Waals surface area contributed by atoms with E-state index in [1.807, 2.05) is 0 Å². The molecule has 3 aromatic carbocycles. The van der Waals surface area contributed by atoms with Crippen LogP contribution in [0.25, 0.3) is 33.3 Å². The quantitative estimate of drug-likeness (QED) is 0.322. The monoisotopic (exact) mass is 428 g/mol. The first kappa shape index (κ1) is 21.7. The van der Waals surface area contributed by atoms with Crippen molar-refractivity contribution >= 4 is 22.8 Å². The Balaban J connectivity index is 2.08. The van der Waals surface area contributed by atoms with Crippen molar-refractivity contribution in [2.45, 2.75) is 69.2 Å². The molecule has 0 saturated heterocycles. The lowest BCUT2D eigenvalue weighted by molar-refractivity contribution is 1.18. The predicted octanol–water partition coefficient (Wildman–Crippen LogP) is 8.11. The first-order valence-electron chi connectivity index (χ1n) is 11.0. The zero-order chi connectivity index (χ0) is 22.8. The Morgan fingerprint density at radius 2 is 0.677 bits per heavy atom. The molecule has 31 heavy (non-hydrogen) atoms. The van der Waals surface area contributed by atoms with E-state index in [9.17, 15) is 0 Å². The molecule has 4 rings (SSSR count). The van der Waals surface area contributed by atoms with Gasteiger partial charge < -0.3 is 0 Å². The van der Waals surface area contributed by atoms with Gasteiger partial charge in [0.05, 0.1) is 11.7 Å². The minimum atomic E-state index is 1.02. The van der Waals surface area contributed by atoms with Crippen molar-refractivity contribution in [1.82, 2.24) is 8.75 Å². The lowest BCUT2D eigenvalue weighted by atomic mass is 9.83. The third-order valence-electron chi connectivity index (χ3n) is 7.95. The summed E-state index contributed by atoms with van der Waals surface area (Å²) < 4.78 is 9.59. The second-order valence-electron chi connectivity index (χ2n) is 9.12. The molecule has 0 aliphatic heterocycles. The maximum Gasteiger partial charge on any atom is 0.113 e. The Morgan fingerprint density at radius 1 is 0.419 bits per heavy atom. The maximum absolute atomic E-state index is 4.80. The zero-order valence-corrected chi connectivity index (χ0v) is 21.3. The van der Waals surface area contributed by atoms with Crippen molar-refractivity contribution in [2.75, 3.05) is 0 Å². The first-order chi connectivity index (χ1) is 14.6. The van der Waals surface area contributed by atoms with Crippen molar-refractivity contribution in [1.29, 1.82) is 0 Å². The Hall–Kier alpha value is -2.52. The fourth-order valence-corrected chi connectivity index (χ4v) is 5.65. The molecule has 0 fully saturated rings. The van der Waals surface area contributed by atoms with Gasteiger partial charge in [0.1, 0.15) is 11.0 Å². The molecule has 0 aliphatic carbocycles. The number of fused-ring (bicyclic) bond motifs is 1. The van der Waals surface area contributed by atoms with Crippen LogP contribution < -0.4 is 0 Å². The molecule has 0 aliphatic rings. The summed E-state index contributed by atoms with van der Waals surface area (Å²) in [4.78, 5) is 0. The van der Waals surface area contributed by atoms with Crippen LogP contribution in [0.3, 0.4) is 0 Å². The second kappa shape index (κ2) is 7.56. The fraction of sp³-hybridized carbons (Fsp3) is 0.357. The number of rotatable bonds is 2. The smallest absolute Gasteiger partial charge is 0.113 e. The van der Waals surface area contributed by atoms with E-state index in [0.717, 1.165) is 11.0 Å². The van der Waals surface area contributed by atoms with Gasteiger partial charge in [-0.2, -0.15) is 8.75 Å². The summed E-state index contributed by atoms with van der Waals surface area (Å²) in [6.07, 6.45) is 0. The highest BCUT2D eigenvalue weighted by atomic mass is 32.1. The van der Waals surface area contributed by atoms with Crippen LogP contribution in [0.1, 0.15) is 55.6 Å². The van der Waals surface area contributed by atoms with Crippen LogP contribution in [0.5, 0.6) is 0 Å². The summed E-state index contributed by atoms with van der Waals surface area (Å²) in [7, 11) is 0. The second-order valence-corrected chi connectivity index (χ2v) is 9.65. The van der Waals surface area contributed by atoms with Gasteiger partial charge in [-0.15, -0.1) is 0 Å². The van der Waals surface area contributed by atoms with E-state index in [1.54, 1.807) is 0 Å². The molecular weight excluding hydrogens is 396 g/mol. The van der Waals surface area contributed by atoms with E-state index >= 15 is 0 Å². The largest absolute Gasteiger partial charge is 0.172 e. The van der Waals surface area contributed by atoms with Crippen LogP contribution in [0.15, 0.2) is 12.1 Å². The van der Waals surface area contributed by atoms with Gasteiger partial charge in [-0.1, -0.05) is 12.1 Å². The predicted molar refractivity (Wildman–Crippen MR) is 136 cm³/mol. The zero-order valence-electron chi connectivity index (χ0n) is 20.5. The van der Waals surface area contributed by atoms with Gasteiger partial charge in [-0.3, -0.25) is 0 Å². The third kappa shape index (κ3) is 3.05. The van der Waals surface area contributed by atoms with E-state index in [0.29, 0.717) is 0 Å². The molecule has 1 aromatic heterocycles. The molecule has 0 spiro atoms. The maximum atomic E-state index is 4.80. The summed E-state index contributed by atoms with van der Waals surface area (Å²) in [5, 5.41) is 0. The van der Waals surface area contributed by atoms with Gasteiger partial charge in [0.15, 0.2) is 0 Å². The Morgan fingerprint density at radius 3 is 0.968 bits per heavy atom. The average molecular weight is 429 g/mol. The van der Waals surface area contributed by atoms with Crippen LogP contribution in [0.2, 0.25) is 0 Å². The molecule has 3 heteroatoms. The van der Waals surface area contributed by atoms with Crippen LogP contribution in [-0.2, 0) is 0 Å². The Bertz CT molecular complexity index is 1210. The van der Waals surface area contributed by atoms with Crippen LogP contribution in [-0.4, -0.2) is 8.75 Å². The fourth-order valence-electron chi connectivity index (χ4n) is 5.08. The Kier molecular flexibility index (Phi) is 5.29. The molecule has 0 radical (unpaired) electrons. The summed E-state index contributed by atoms with van der Waals surface area (Å²) >= 11 is 1.32. The van der Waals surface area contributed by atoms with E-state index in [-0.39, 0.29) is 0 Å². The molecule has 1 heterocycles. The van der Waals surface area contributed by atoms with Gasteiger partial charge in [-0.05, 0) is 136 Å². The normalized spacial score (nSPS) is 11.5. The standard InChI is InChI=1S/C28H32N2S/c1-13-15(3)19(7)25(20(8)16(13)4)23-11-12-24(28-27(23)29-31-30-28)26-21(9)17(5)14(2)18(6)22(26)10/h11-12H,1-10H3. The molecule has 0 atom stereocenters. The SMILES string of the molecule is Cc1c(C)c(C)c(-c2ccc(-c3c(C)c(C)c(C)c(C)c3C)c3nsnc23)c(C)c1C. The van der Waals surface area contributed by atoms with E-state index in [1.165, 1.54) is 89.6 Å². The molecule has 160 valence electrons. The third-order valence-corrected chi connectivity index (χ3v) is 8.48. The van der Waals surface area contributed by atoms with Gasteiger partial charge in [0, 0.05) is 11.1 Å². The number of nitrogens with zero attached hydrogens (tertiary/aromatic N) is 2. The van der Waals surface area contributed by atoms with Crippen molar-refractivity contribution in [3.05, 3.63) is 67.8 Å². The summed E-state index contributed by atoms with van der Waals surface area (Å²) in [5.74, 6) is 0. The van der Waals surface area contributed by atoms with Crippen molar-refractivity contribution in [3.8, 4) is 22.3 Å². The van der Waals surface area contributed by atoms with E-state index in [4.69, 9.17) is 8.75 Å². The topological polar surface area (TPSA) is 25.8 Å². The minimum absolute atomic E-state index is 1.02.